The van der Waals surface area contributed by atoms with Crippen LogP contribution in [0, 0.1) is 0 Å². The number of benzene rings is 1. The van der Waals surface area contributed by atoms with E-state index in [0.717, 1.165) is 36.6 Å². The maximum Gasteiger partial charge on any atom is 0.201 e. The second-order valence-corrected chi connectivity index (χ2v) is 3.38. The molecule has 1 heterocycles. The highest BCUT2D eigenvalue weighted by atomic mass is 15.1. The molecule has 4 nitrogen and oxygen atoms in total. The van der Waals surface area contributed by atoms with E-state index >= 15 is 0 Å². The first-order chi connectivity index (χ1) is 7.40. The molecule has 0 amide bonds. The van der Waals surface area contributed by atoms with Crippen molar-refractivity contribution in [2.45, 2.75) is 6.92 Å². The Hall–Kier alpha value is -1.55. The fourth-order valence-corrected chi connectivity index (χ4v) is 1.48. The zero-order valence-electron chi connectivity index (χ0n) is 8.88. The molecule has 2 rings (SSSR count). The van der Waals surface area contributed by atoms with Crippen molar-refractivity contribution in [2.24, 2.45) is 0 Å². The van der Waals surface area contributed by atoms with Crippen LogP contribution in [-0.4, -0.2) is 29.6 Å². The van der Waals surface area contributed by atoms with Gasteiger partial charge in [0.2, 0.25) is 5.95 Å². The first-order valence-corrected chi connectivity index (χ1v) is 5.29. The number of likely N-dealkylation sites (N-methyl/N-ethyl adjacent to an activating group) is 1. The molecule has 1 aromatic carbocycles. The number of hydrogen-bond acceptors (Lipinski definition) is 3. The Morgan fingerprint density at radius 1 is 1.27 bits per heavy atom. The number of fused-ring (bicyclic) bond motifs is 1. The van der Waals surface area contributed by atoms with Crippen LogP contribution in [0.15, 0.2) is 24.3 Å². The predicted molar refractivity (Wildman–Crippen MR) is 63.1 cm³/mol. The van der Waals surface area contributed by atoms with Gasteiger partial charge in [-0.2, -0.15) is 0 Å². The highest BCUT2D eigenvalue weighted by molar-refractivity contribution is 5.77. The van der Waals surface area contributed by atoms with Gasteiger partial charge in [-0.25, -0.2) is 4.98 Å². The third-order valence-corrected chi connectivity index (χ3v) is 2.23. The lowest BCUT2D eigenvalue weighted by Crippen LogP contribution is -2.21. The third-order valence-electron chi connectivity index (χ3n) is 2.23. The van der Waals surface area contributed by atoms with E-state index in [-0.39, 0.29) is 0 Å². The van der Waals surface area contributed by atoms with Gasteiger partial charge in [-0.3, -0.25) is 0 Å². The molecule has 0 saturated heterocycles. The average Bonchev–Trinajstić information content (AvgIpc) is 2.67. The summed E-state index contributed by atoms with van der Waals surface area (Å²) in [7, 11) is 0. The lowest BCUT2D eigenvalue weighted by Gasteiger charge is -2.02. The van der Waals surface area contributed by atoms with Gasteiger partial charge in [0.15, 0.2) is 0 Å². The summed E-state index contributed by atoms with van der Waals surface area (Å²) in [4.78, 5) is 7.64. The van der Waals surface area contributed by atoms with Crippen LogP contribution >= 0.6 is 0 Å². The minimum Gasteiger partial charge on any atom is -0.355 e. The van der Waals surface area contributed by atoms with Crippen molar-refractivity contribution in [3.8, 4) is 0 Å². The zero-order chi connectivity index (χ0) is 10.5. The van der Waals surface area contributed by atoms with E-state index < -0.39 is 0 Å². The van der Waals surface area contributed by atoms with E-state index in [1.165, 1.54) is 0 Å². The largest absolute Gasteiger partial charge is 0.355 e. The molecule has 2 aromatic rings. The number of H-pyrrole nitrogens is 1. The number of aromatic amines is 1. The summed E-state index contributed by atoms with van der Waals surface area (Å²) in [6.07, 6.45) is 0. The zero-order valence-corrected chi connectivity index (χ0v) is 8.88. The van der Waals surface area contributed by atoms with Gasteiger partial charge in [0, 0.05) is 13.1 Å². The maximum absolute atomic E-state index is 4.42. The lowest BCUT2D eigenvalue weighted by molar-refractivity contribution is 0.737. The molecule has 0 radical (unpaired) electrons. The Labute approximate surface area is 89.1 Å². The number of nitrogens with one attached hydrogen (secondary N) is 3. The number of aromatic nitrogens is 2. The predicted octanol–water partition coefficient (Wildman–Crippen LogP) is 1.58. The van der Waals surface area contributed by atoms with Crippen LogP contribution in [0.4, 0.5) is 5.95 Å². The van der Waals surface area contributed by atoms with Crippen LogP contribution in [0.1, 0.15) is 6.92 Å². The van der Waals surface area contributed by atoms with Gasteiger partial charge in [0.1, 0.15) is 0 Å². The molecule has 0 unspecified atom stereocenters. The highest BCUT2D eigenvalue weighted by Crippen LogP contribution is 2.12. The van der Waals surface area contributed by atoms with Crippen molar-refractivity contribution in [1.29, 1.82) is 0 Å². The SMILES string of the molecule is CCNCCNc1nc2ccccc2[nH]1. The van der Waals surface area contributed by atoms with Crippen molar-refractivity contribution in [2.75, 3.05) is 25.0 Å². The highest BCUT2D eigenvalue weighted by Gasteiger charge is 1.99. The number of anilines is 1. The van der Waals surface area contributed by atoms with Gasteiger partial charge < -0.3 is 15.6 Å². The quantitative estimate of drug-likeness (QED) is 0.648. The van der Waals surface area contributed by atoms with Crippen molar-refractivity contribution in [3.63, 3.8) is 0 Å². The fraction of sp³-hybridized carbons (Fsp3) is 0.364. The first-order valence-electron chi connectivity index (χ1n) is 5.29. The Bertz CT molecular complexity index is 388. The van der Waals surface area contributed by atoms with E-state index in [0.29, 0.717) is 0 Å². The van der Waals surface area contributed by atoms with Gasteiger partial charge in [-0.05, 0) is 18.7 Å². The lowest BCUT2D eigenvalue weighted by atomic mass is 10.3. The summed E-state index contributed by atoms with van der Waals surface area (Å²) in [5, 5.41) is 6.49. The molecule has 0 fully saturated rings. The summed E-state index contributed by atoms with van der Waals surface area (Å²) in [5.41, 5.74) is 2.08. The molecule has 3 N–H and O–H groups in total. The van der Waals surface area contributed by atoms with Crippen LogP contribution in [0.2, 0.25) is 0 Å². The Balaban J connectivity index is 1.97. The monoisotopic (exact) mass is 204 g/mol. The Morgan fingerprint density at radius 2 is 2.13 bits per heavy atom. The minimum atomic E-state index is 0.842. The topological polar surface area (TPSA) is 52.7 Å². The van der Waals surface area contributed by atoms with Crippen LogP contribution in [-0.2, 0) is 0 Å². The van der Waals surface area contributed by atoms with Crippen molar-refractivity contribution in [1.82, 2.24) is 15.3 Å². The van der Waals surface area contributed by atoms with E-state index in [1.807, 2.05) is 24.3 Å². The third kappa shape index (κ3) is 2.47. The fourth-order valence-electron chi connectivity index (χ4n) is 1.48. The minimum absolute atomic E-state index is 0.842. The summed E-state index contributed by atoms with van der Waals surface area (Å²) in [5.74, 6) is 0.842. The van der Waals surface area contributed by atoms with Gasteiger partial charge in [0.05, 0.1) is 11.0 Å². The molecule has 0 aliphatic heterocycles. The van der Waals surface area contributed by atoms with Crippen LogP contribution in [0.25, 0.3) is 11.0 Å². The van der Waals surface area contributed by atoms with Crippen molar-refractivity contribution < 1.29 is 0 Å². The molecular weight excluding hydrogens is 188 g/mol. The normalized spacial score (nSPS) is 10.7. The molecule has 0 aliphatic rings. The van der Waals surface area contributed by atoms with Crippen LogP contribution < -0.4 is 10.6 Å². The molecule has 4 heteroatoms. The van der Waals surface area contributed by atoms with E-state index in [2.05, 4.69) is 27.5 Å². The Kier molecular flexibility index (Phi) is 3.19. The second kappa shape index (κ2) is 4.79. The molecule has 0 bridgehead atoms. The summed E-state index contributed by atoms with van der Waals surface area (Å²) < 4.78 is 0. The van der Waals surface area contributed by atoms with Crippen molar-refractivity contribution >= 4 is 17.0 Å². The average molecular weight is 204 g/mol. The molecule has 0 atom stereocenters. The number of nitrogens with zero attached hydrogens (tertiary/aromatic N) is 1. The smallest absolute Gasteiger partial charge is 0.201 e. The van der Waals surface area contributed by atoms with E-state index in [1.54, 1.807) is 0 Å². The standard InChI is InChI=1S/C11H16N4/c1-2-12-7-8-13-11-14-9-5-3-4-6-10(9)15-11/h3-6,12H,2,7-8H2,1H3,(H2,13,14,15). The molecule has 80 valence electrons. The summed E-state index contributed by atoms with van der Waals surface area (Å²) >= 11 is 0. The van der Waals surface area contributed by atoms with E-state index in [4.69, 9.17) is 0 Å². The molecule has 0 saturated carbocycles. The number of rotatable bonds is 5. The number of hydrogen-bond donors (Lipinski definition) is 3. The molecule has 0 aliphatic carbocycles. The first kappa shape index (κ1) is 9.98. The van der Waals surface area contributed by atoms with Gasteiger partial charge in [0.25, 0.3) is 0 Å². The Morgan fingerprint density at radius 3 is 2.93 bits per heavy atom. The second-order valence-electron chi connectivity index (χ2n) is 3.38. The van der Waals surface area contributed by atoms with E-state index in [9.17, 15) is 0 Å². The number of imidazole rings is 1. The van der Waals surface area contributed by atoms with Crippen LogP contribution in [0.3, 0.4) is 0 Å². The molecular formula is C11H16N4. The maximum atomic E-state index is 4.42. The van der Waals surface area contributed by atoms with Gasteiger partial charge >= 0.3 is 0 Å². The van der Waals surface area contributed by atoms with Crippen molar-refractivity contribution in [3.05, 3.63) is 24.3 Å². The number of para-hydroxylation sites is 2. The molecule has 15 heavy (non-hydrogen) atoms. The van der Waals surface area contributed by atoms with Gasteiger partial charge in [-0.15, -0.1) is 0 Å². The van der Waals surface area contributed by atoms with Crippen LogP contribution in [0.5, 0.6) is 0 Å². The molecule has 0 spiro atoms. The molecule has 1 aromatic heterocycles. The summed E-state index contributed by atoms with van der Waals surface area (Å²) in [6.45, 7) is 4.93. The van der Waals surface area contributed by atoms with Gasteiger partial charge in [-0.1, -0.05) is 19.1 Å². The summed E-state index contributed by atoms with van der Waals surface area (Å²) in [6, 6.07) is 8.02.